The number of hydrogen-bond donors (Lipinski definition) is 0. The fraction of sp³-hybridized carbons (Fsp3) is 0.444. The molecule has 1 amide bonds. The molecule has 1 heterocycles. The van der Waals surface area contributed by atoms with E-state index in [1.807, 2.05) is 36.4 Å². The Balaban J connectivity index is 1.42. The molecule has 4 rings (SSSR count). The van der Waals surface area contributed by atoms with Crippen molar-refractivity contribution in [2.45, 2.75) is 57.4 Å². The average molecular weight is 464 g/mol. The fourth-order valence-electron chi connectivity index (χ4n) is 4.61. The number of carbonyl (C=O) groups is 1. The highest BCUT2D eigenvalue weighted by Crippen LogP contribution is 2.31. The van der Waals surface area contributed by atoms with E-state index in [0.717, 1.165) is 24.8 Å². The molecule has 180 valence electrons. The summed E-state index contributed by atoms with van der Waals surface area (Å²) in [5, 5.41) is 4.14. The van der Waals surface area contributed by atoms with Gasteiger partial charge in [-0.15, -0.1) is 0 Å². The van der Waals surface area contributed by atoms with E-state index < -0.39 is 0 Å². The van der Waals surface area contributed by atoms with E-state index in [2.05, 4.69) is 27.2 Å². The molecule has 34 heavy (non-hydrogen) atoms. The quantitative estimate of drug-likeness (QED) is 0.417. The topological polar surface area (TPSA) is 77.7 Å². The molecular weight excluding hydrogens is 430 g/mol. The fourth-order valence-corrected chi connectivity index (χ4v) is 4.61. The number of methoxy groups -OCH3 is 2. The monoisotopic (exact) mass is 463 g/mol. The predicted molar refractivity (Wildman–Crippen MR) is 130 cm³/mol. The highest BCUT2D eigenvalue weighted by Gasteiger charge is 2.25. The van der Waals surface area contributed by atoms with E-state index in [1.165, 1.54) is 24.8 Å². The van der Waals surface area contributed by atoms with Gasteiger partial charge in [0.25, 0.3) is 0 Å². The summed E-state index contributed by atoms with van der Waals surface area (Å²) in [4.78, 5) is 19.9. The van der Waals surface area contributed by atoms with Crippen molar-refractivity contribution in [2.24, 2.45) is 0 Å². The molecule has 0 bridgehead atoms. The Morgan fingerprint density at radius 2 is 1.76 bits per heavy atom. The van der Waals surface area contributed by atoms with E-state index in [-0.39, 0.29) is 5.91 Å². The smallest absolute Gasteiger partial charge is 0.228 e. The summed E-state index contributed by atoms with van der Waals surface area (Å²) in [7, 11) is 3.20. The van der Waals surface area contributed by atoms with Crippen LogP contribution in [0.2, 0.25) is 0 Å². The second kappa shape index (κ2) is 11.7. The number of nitrogens with zero attached hydrogens (tertiary/aromatic N) is 3. The molecule has 0 saturated heterocycles. The highest BCUT2D eigenvalue weighted by atomic mass is 16.5. The number of aryl methyl sites for hydroxylation is 1. The molecule has 0 atom stereocenters. The first-order chi connectivity index (χ1) is 16.7. The van der Waals surface area contributed by atoms with Gasteiger partial charge in [-0.25, -0.2) is 0 Å². The van der Waals surface area contributed by atoms with Crippen LogP contribution in [0.3, 0.4) is 0 Å². The molecule has 2 aromatic carbocycles. The van der Waals surface area contributed by atoms with Crippen molar-refractivity contribution in [3.05, 3.63) is 60.0 Å². The molecule has 1 aromatic heterocycles. The van der Waals surface area contributed by atoms with Gasteiger partial charge in [0.15, 0.2) is 11.5 Å². The van der Waals surface area contributed by atoms with Gasteiger partial charge in [0.05, 0.1) is 14.2 Å². The Morgan fingerprint density at radius 1 is 1.00 bits per heavy atom. The Hall–Kier alpha value is -3.35. The lowest BCUT2D eigenvalue weighted by atomic mass is 9.93. The molecule has 1 aliphatic carbocycles. The summed E-state index contributed by atoms with van der Waals surface area (Å²) in [6.45, 7) is 0.589. The number of amides is 1. The van der Waals surface area contributed by atoms with Crippen molar-refractivity contribution < 1.29 is 18.8 Å². The van der Waals surface area contributed by atoms with E-state index in [9.17, 15) is 4.79 Å². The Bertz CT molecular complexity index is 1060. The number of aromatic nitrogens is 2. The molecule has 0 unspecified atom stereocenters. The van der Waals surface area contributed by atoms with Crippen molar-refractivity contribution in [2.75, 3.05) is 20.8 Å². The normalized spacial score (nSPS) is 14.1. The average Bonchev–Trinajstić information content (AvgIpc) is 3.37. The van der Waals surface area contributed by atoms with Gasteiger partial charge >= 0.3 is 0 Å². The van der Waals surface area contributed by atoms with Crippen LogP contribution in [0.1, 0.15) is 50.0 Å². The van der Waals surface area contributed by atoms with Crippen LogP contribution in [0.15, 0.2) is 53.1 Å². The Kier molecular flexibility index (Phi) is 8.17. The third-order valence-corrected chi connectivity index (χ3v) is 6.48. The molecule has 7 nitrogen and oxygen atoms in total. The van der Waals surface area contributed by atoms with Crippen LogP contribution in [0.4, 0.5) is 0 Å². The number of carbonyl (C=O) groups excluding carboxylic acids is 1. The molecule has 1 aliphatic rings. The van der Waals surface area contributed by atoms with Gasteiger partial charge in [0.1, 0.15) is 0 Å². The maximum absolute atomic E-state index is 13.2. The van der Waals surface area contributed by atoms with Crippen molar-refractivity contribution in [3.8, 4) is 22.9 Å². The maximum Gasteiger partial charge on any atom is 0.228 e. The van der Waals surface area contributed by atoms with Gasteiger partial charge in [-0.05, 0) is 43.0 Å². The van der Waals surface area contributed by atoms with Crippen LogP contribution >= 0.6 is 0 Å². The zero-order chi connectivity index (χ0) is 23.8. The minimum Gasteiger partial charge on any atom is -0.493 e. The second-order valence-corrected chi connectivity index (χ2v) is 8.70. The second-order valence-electron chi connectivity index (χ2n) is 8.70. The van der Waals surface area contributed by atoms with Crippen molar-refractivity contribution in [1.82, 2.24) is 15.0 Å². The molecule has 1 saturated carbocycles. The molecule has 1 fully saturated rings. The van der Waals surface area contributed by atoms with Crippen LogP contribution in [0.25, 0.3) is 11.4 Å². The summed E-state index contributed by atoms with van der Waals surface area (Å²) in [6.07, 6.45) is 7.55. The molecule has 3 aromatic rings. The standard InChI is InChI=1S/C27H33N3O4/c1-32-23-15-14-21(19-24(23)33-2)27-28-25(34-29-27)17-18-30(22-11-7-4-8-12-22)26(31)16-13-20-9-5-3-6-10-20/h3,5-6,9-10,14-15,19,22H,4,7-8,11-13,16-18H2,1-2H3. The highest BCUT2D eigenvalue weighted by molar-refractivity contribution is 5.76. The Labute approximate surface area is 201 Å². The van der Waals surface area contributed by atoms with E-state index in [1.54, 1.807) is 14.2 Å². The number of rotatable bonds is 10. The molecule has 0 radical (unpaired) electrons. The van der Waals surface area contributed by atoms with Gasteiger partial charge in [-0.3, -0.25) is 4.79 Å². The summed E-state index contributed by atoms with van der Waals surface area (Å²) < 4.78 is 16.2. The van der Waals surface area contributed by atoms with Crippen LogP contribution in [-0.2, 0) is 17.6 Å². The van der Waals surface area contributed by atoms with Crippen molar-refractivity contribution in [1.29, 1.82) is 0 Å². The molecule has 7 heteroatoms. The zero-order valence-electron chi connectivity index (χ0n) is 20.0. The minimum absolute atomic E-state index is 0.204. The predicted octanol–water partition coefficient (Wildman–Crippen LogP) is 5.09. The number of hydrogen-bond acceptors (Lipinski definition) is 6. The third kappa shape index (κ3) is 5.95. The van der Waals surface area contributed by atoms with E-state index in [4.69, 9.17) is 14.0 Å². The minimum atomic E-state index is 0.204. The first-order valence-corrected chi connectivity index (χ1v) is 12.1. The van der Waals surface area contributed by atoms with E-state index in [0.29, 0.717) is 48.6 Å². The molecular formula is C27H33N3O4. The van der Waals surface area contributed by atoms with Crippen LogP contribution in [0, 0.1) is 0 Å². The summed E-state index contributed by atoms with van der Waals surface area (Å²) in [6, 6.07) is 16.0. The van der Waals surface area contributed by atoms with Crippen molar-refractivity contribution >= 4 is 5.91 Å². The lowest BCUT2D eigenvalue weighted by Gasteiger charge is -2.34. The Morgan fingerprint density at radius 3 is 2.50 bits per heavy atom. The molecule has 0 N–H and O–H groups in total. The van der Waals surface area contributed by atoms with Gasteiger partial charge in [0.2, 0.25) is 17.6 Å². The zero-order valence-corrected chi connectivity index (χ0v) is 20.0. The maximum atomic E-state index is 13.2. The van der Waals surface area contributed by atoms with Crippen molar-refractivity contribution in [3.63, 3.8) is 0 Å². The lowest BCUT2D eigenvalue weighted by Crippen LogP contribution is -2.42. The van der Waals surface area contributed by atoms with Gasteiger partial charge in [-0.1, -0.05) is 54.8 Å². The first-order valence-electron chi connectivity index (χ1n) is 12.1. The number of benzene rings is 2. The lowest BCUT2D eigenvalue weighted by molar-refractivity contribution is -0.134. The van der Waals surface area contributed by atoms with Crippen LogP contribution < -0.4 is 9.47 Å². The molecule has 0 spiro atoms. The number of ether oxygens (including phenoxy) is 2. The van der Waals surface area contributed by atoms with Gasteiger partial charge in [-0.2, -0.15) is 4.98 Å². The summed E-state index contributed by atoms with van der Waals surface area (Å²) in [5.41, 5.74) is 1.98. The van der Waals surface area contributed by atoms with Gasteiger partial charge < -0.3 is 18.9 Å². The largest absolute Gasteiger partial charge is 0.493 e. The van der Waals surface area contributed by atoms with E-state index >= 15 is 0 Å². The SMILES string of the molecule is COc1ccc(-c2noc(CCN(C(=O)CCc3ccccc3)C3CCCCC3)n2)cc1OC. The van der Waals surface area contributed by atoms with Crippen LogP contribution in [-0.4, -0.2) is 47.8 Å². The third-order valence-electron chi connectivity index (χ3n) is 6.48. The van der Waals surface area contributed by atoms with Gasteiger partial charge in [0, 0.05) is 31.0 Å². The van der Waals surface area contributed by atoms with Crippen LogP contribution in [0.5, 0.6) is 11.5 Å². The summed E-state index contributed by atoms with van der Waals surface area (Å²) >= 11 is 0. The first kappa shape index (κ1) is 23.8. The summed E-state index contributed by atoms with van der Waals surface area (Å²) in [5.74, 6) is 2.48. The molecule has 0 aliphatic heterocycles.